The molecule has 0 saturated heterocycles. The number of carbonyl (C=O) groups excluding carboxylic acids is 2. The van der Waals surface area contributed by atoms with Gasteiger partial charge in [-0.2, -0.15) is 10.2 Å². The number of amides is 1. The summed E-state index contributed by atoms with van der Waals surface area (Å²) in [5.41, 5.74) is 0.596. The molecule has 9 nitrogen and oxygen atoms in total. The van der Waals surface area contributed by atoms with E-state index in [-0.39, 0.29) is 10.7 Å². The van der Waals surface area contributed by atoms with Crippen molar-refractivity contribution in [1.29, 1.82) is 0 Å². The number of nitrogens with one attached hydrogen (secondary N) is 1. The number of ketones is 1. The molecule has 1 amide bonds. The number of halogens is 1. The number of ether oxygens (including phenoxy) is 4. The van der Waals surface area contributed by atoms with Gasteiger partial charge in [-0.3, -0.25) is 9.59 Å². The summed E-state index contributed by atoms with van der Waals surface area (Å²) in [6, 6.07) is 6.51. The van der Waals surface area contributed by atoms with E-state index in [4.69, 9.17) is 30.5 Å². The highest BCUT2D eigenvalue weighted by Crippen LogP contribution is 2.37. The minimum Gasteiger partial charge on any atom is -0.497 e. The van der Waals surface area contributed by atoms with Gasteiger partial charge in [0.2, 0.25) is 6.04 Å². The molecule has 0 heterocycles. The van der Waals surface area contributed by atoms with Crippen molar-refractivity contribution in [3.8, 4) is 23.0 Å². The van der Waals surface area contributed by atoms with E-state index in [1.54, 1.807) is 24.3 Å². The lowest BCUT2D eigenvalue weighted by atomic mass is 10.2. The predicted octanol–water partition coefficient (Wildman–Crippen LogP) is 4.05. The van der Waals surface area contributed by atoms with Gasteiger partial charge in [0, 0.05) is 18.2 Å². The molecule has 0 spiro atoms. The van der Waals surface area contributed by atoms with E-state index in [9.17, 15) is 9.59 Å². The van der Waals surface area contributed by atoms with Crippen LogP contribution in [0.1, 0.15) is 6.92 Å². The first-order valence-electron chi connectivity index (χ1n) is 8.70. The van der Waals surface area contributed by atoms with Gasteiger partial charge in [0.05, 0.1) is 39.8 Å². The molecule has 2 aromatic rings. The summed E-state index contributed by atoms with van der Waals surface area (Å²) in [6.45, 7) is 1.24. The molecular weight excluding hydrogens is 414 g/mol. The summed E-state index contributed by atoms with van der Waals surface area (Å²) in [5, 5.41) is 10.6. The highest BCUT2D eigenvalue weighted by molar-refractivity contribution is 6.35. The fourth-order valence-electron chi connectivity index (χ4n) is 2.46. The van der Waals surface area contributed by atoms with Crippen LogP contribution in [0.4, 0.5) is 11.4 Å². The Morgan fingerprint density at radius 3 is 2.17 bits per heavy atom. The van der Waals surface area contributed by atoms with Gasteiger partial charge in [-0.25, -0.2) is 0 Å². The van der Waals surface area contributed by atoms with Gasteiger partial charge in [-0.05, 0) is 19.1 Å². The maximum absolute atomic E-state index is 12.7. The lowest BCUT2D eigenvalue weighted by molar-refractivity contribution is -0.126. The first kappa shape index (κ1) is 23.0. The van der Waals surface area contributed by atoms with E-state index in [0.29, 0.717) is 28.7 Å². The number of benzene rings is 2. The Morgan fingerprint density at radius 2 is 1.60 bits per heavy atom. The molecule has 0 aliphatic carbocycles. The number of rotatable bonds is 9. The average Bonchev–Trinajstić information content (AvgIpc) is 2.74. The quantitative estimate of drug-likeness (QED) is 0.470. The summed E-state index contributed by atoms with van der Waals surface area (Å²) < 4.78 is 20.7. The van der Waals surface area contributed by atoms with Crippen LogP contribution in [-0.4, -0.2) is 46.2 Å². The highest BCUT2D eigenvalue weighted by atomic mass is 35.5. The second kappa shape index (κ2) is 10.4. The van der Waals surface area contributed by atoms with E-state index in [1.807, 2.05) is 0 Å². The van der Waals surface area contributed by atoms with Crippen molar-refractivity contribution in [1.82, 2.24) is 0 Å². The number of azo groups is 1. The predicted molar refractivity (Wildman–Crippen MR) is 112 cm³/mol. The lowest BCUT2D eigenvalue weighted by Crippen LogP contribution is -2.32. The molecule has 2 aromatic carbocycles. The SMILES string of the molecule is COc1cc(NC(=O)C(N=Nc2ccc(OC)c(OC)c2)C(C)=O)c(Cl)c(OC)c1. The van der Waals surface area contributed by atoms with Crippen molar-refractivity contribution in [3.63, 3.8) is 0 Å². The Morgan fingerprint density at radius 1 is 0.933 bits per heavy atom. The van der Waals surface area contributed by atoms with Gasteiger partial charge in [0.15, 0.2) is 17.3 Å². The Balaban J connectivity index is 2.28. The van der Waals surface area contributed by atoms with Crippen LogP contribution in [0.15, 0.2) is 40.6 Å². The van der Waals surface area contributed by atoms with E-state index >= 15 is 0 Å². The number of hydrogen-bond acceptors (Lipinski definition) is 8. The lowest BCUT2D eigenvalue weighted by Gasteiger charge is -2.14. The Bertz CT molecular complexity index is 964. The summed E-state index contributed by atoms with van der Waals surface area (Å²) >= 11 is 6.24. The molecule has 0 radical (unpaired) electrons. The van der Waals surface area contributed by atoms with Gasteiger partial charge in [0.25, 0.3) is 5.91 Å². The number of Topliss-reactive ketones (excluding diaryl/α,β-unsaturated/α-hetero) is 1. The zero-order valence-electron chi connectivity index (χ0n) is 17.2. The van der Waals surface area contributed by atoms with Crippen LogP contribution in [-0.2, 0) is 9.59 Å². The third-order valence-corrected chi connectivity index (χ3v) is 4.41. The van der Waals surface area contributed by atoms with Crippen LogP contribution in [0.25, 0.3) is 0 Å². The van der Waals surface area contributed by atoms with Crippen LogP contribution >= 0.6 is 11.6 Å². The van der Waals surface area contributed by atoms with Crippen LogP contribution in [0.2, 0.25) is 5.02 Å². The van der Waals surface area contributed by atoms with E-state index < -0.39 is 17.7 Å². The molecule has 160 valence electrons. The molecule has 10 heteroatoms. The first-order valence-corrected chi connectivity index (χ1v) is 9.08. The van der Waals surface area contributed by atoms with E-state index in [0.717, 1.165) is 0 Å². The largest absolute Gasteiger partial charge is 0.497 e. The van der Waals surface area contributed by atoms with Gasteiger partial charge in [0.1, 0.15) is 16.5 Å². The molecule has 30 heavy (non-hydrogen) atoms. The maximum atomic E-state index is 12.7. The number of nitrogens with zero attached hydrogens (tertiary/aromatic N) is 2. The monoisotopic (exact) mass is 435 g/mol. The standard InChI is InChI=1S/C20H22ClN3O6/c1-11(25)19(24-23-12-6-7-15(28-3)16(8-12)29-4)20(26)22-14-9-13(27-2)10-17(30-5)18(14)21/h6-10,19H,1-5H3,(H,22,26). The molecule has 0 saturated carbocycles. The normalized spacial score (nSPS) is 11.7. The van der Waals surface area contributed by atoms with Crippen molar-refractivity contribution in [2.24, 2.45) is 10.2 Å². The van der Waals surface area contributed by atoms with Crippen molar-refractivity contribution in [2.45, 2.75) is 13.0 Å². The van der Waals surface area contributed by atoms with Gasteiger partial charge in [-0.1, -0.05) is 11.6 Å². The van der Waals surface area contributed by atoms with E-state index in [2.05, 4.69) is 15.5 Å². The van der Waals surface area contributed by atoms with Crippen molar-refractivity contribution in [3.05, 3.63) is 35.4 Å². The fourth-order valence-corrected chi connectivity index (χ4v) is 2.69. The smallest absolute Gasteiger partial charge is 0.258 e. The molecule has 0 fully saturated rings. The summed E-state index contributed by atoms with van der Waals surface area (Å²) in [5.74, 6) is 0.467. The zero-order chi connectivity index (χ0) is 22.3. The summed E-state index contributed by atoms with van der Waals surface area (Å²) in [7, 11) is 5.89. The Kier molecular flexibility index (Phi) is 7.99. The molecule has 2 rings (SSSR count). The van der Waals surface area contributed by atoms with Crippen molar-refractivity contribution < 1.29 is 28.5 Å². The number of hydrogen-bond donors (Lipinski definition) is 1. The molecule has 0 aliphatic heterocycles. The van der Waals surface area contributed by atoms with Crippen LogP contribution < -0.4 is 24.3 Å². The third-order valence-electron chi connectivity index (χ3n) is 4.02. The minimum absolute atomic E-state index is 0.158. The summed E-state index contributed by atoms with van der Waals surface area (Å²) in [4.78, 5) is 24.7. The van der Waals surface area contributed by atoms with Crippen molar-refractivity contribution >= 4 is 34.7 Å². The molecular formula is C20H22ClN3O6. The van der Waals surface area contributed by atoms with Crippen LogP contribution in [0.3, 0.4) is 0 Å². The molecule has 0 aromatic heterocycles. The van der Waals surface area contributed by atoms with Crippen molar-refractivity contribution in [2.75, 3.05) is 33.8 Å². The molecule has 0 bridgehead atoms. The van der Waals surface area contributed by atoms with Gasteiger partial charge >= 0.3 is 0 Å². The second-order valence-corrected chi connectivity index (χ2v) is 6.33. The molecule has 1 N–H and O–H groups in total. The highest BCUT2D eigenvalue weighted by Gasteiger charge is 2.25. The van der Waals surface area contributed by atoms with E-state index in [1.165, 1.54) is 41.4 Å². The third kappa shape index (κ3) is 5.38. The zero-order valence-corrected chi connectivity index (χ0v) is 17.9. The number of methoxy groups -OCH3 is 4. The Hall–Kier alpha value is -3.33. The average molecular weight is 436 g/mol. The molecule has 1 atom stereocenters. The minimum atomic E-state index is -1.38. The first-order chi connectivity index (χ1) is 14.3. The molecule has 0 aliphatic rings. The second-order valence-electron chi connectivity index (χ2n) is 5.95. The molecule has 1 unspecified atom stereocenters. The fraction of sp³-hybridized carbons (Fsp3) is 0.300. The van der Waals surface area contributed by atoms with Gasteiger partial charge in [-0.15, -0.1) is 0 Å². The maximum Gasteiger partial charge on any atom is 0.258 e. The van der Waals surface area contributed by atoms with Crippen LogP contribution in [0.5, 0.6) is 23.0 Å². The summed E-state index contributed by atoms with van der Waals surface area (Å²) in [6.07, 6.45) is 0. The Labute approximate surface area is 178 Å². The number of carbonyl (C=O) groups is 2. The van der Waals surface area contributed by atoms with Gasteiger partial charge < -0.3 is 24.3 Å². The topological polar surface area (TPSA) is 108 Å². The van der Waals surface area contributed by atoms with Crippen LogP contribution in [0, 0.1) is 0 Å². The number of anilines is 1.